The van der Waals surface area contributed by atoms with Crippen LogP contribution in [0.25, 0.3) is 11.0 Å². The van der Waals surface area contributed by atoms with E-state index in [9.17, 15) is 8.42 Å². The van der Waals surface area contributed by atoms with E-state index >= 15 is 0 Å². The van der Waals surface area contributed by atoms with Gasteiger partial charge in [0.05, 0.1) is 10.4 Å². The minimum absolute atomic E-state index is 0.239. The number of benzene rings is 1. The van der Waals surface area contributed by atoms with Crippen LogP contribution < -0.4 is 5.73 Å². The molecule has 0 atom stereocenters. The highest BCUT2D eigenvalue weighted by Crippen LogP contribution is 2.33. The topological polar surface area (TPSA) is 88.8 Å². The first kappa shape index (κ1) is 15.0. The molecule has 20 heavy (non-hydrogen) atoms. The molecule has 0 aliphatic rings. The van der Waals surface area contributed by atoms with E-state index in [0.717, 1.165) is 0 Å². The van der Waals surface area contributed by atoms with Crippen molar-refractivity contribution in [3.05, 3.63) is 24.0 Å². The Morgan fingerprint density at radius 3 is 2.30 bits per heavy atom. The van der Waals surface area contributed by atoms with Gasteiger partial charge >= 0.3 is 0 Å². The maximum absolute atomic E-state index is 11.8. The maximum Gasteiger partial charge on any atom is 0.177 e. The summed E-state index contributed by atoms with van der Waals surface area (Å²) in [6.45, 7) is 7.84. The number of H-pyrrole nitrogens is 1. The number of aromatic amines is 1. The van der Waals surface area contributed by atoms with Crippen LogP contribution in [0, 0.1) is 0 Å². The number of sulfone groups is 1. The SMILES string of the molecule is CC(C)(N)C(C)(C)c1nc2c(S(C)(=O)=O)cccc2[nH]1. The molecule has 0 unspecified atom stereocenters. The van der Waals surface area contributed by atoms with Gasteiger partial charge in [0.1, 0.15) is 11.3 Å². The number of para-hydroxylation sites is 1. The molecule has 2 aromatic rings. The summed E-state index contributed by atoms with van der Waals surface area (Å²) in [4.78, 5) is 7.94. The van der Waals surface area contributed by atoms with Crippen LogP contribution in [0.15, 0.2) is 23.1 Å². The molecule has 5 nitrogen and oxygen atoms in total. The van der Waals surface area contributed by atoms with Crippen LogP contribution in [0.2, 0.25) is 0 Å². The zero-order chi connectivity index (χ0) is 15.3. The predicted octanol–water partition coefficient (Wildman–Crippen LogP) is 1.98. The minimum atomic E-state index is -3.31. The summed E-state index contributed by atoms with van der Waals surface area (Å²) < 4.78 is 23.6. The molecule has 0 amide bonds. The number of rotatable bonds is 3. The highest BCUT2D eigenvalue weighted by molar-refractivity contribution is 7.91. The number of nitrogens with one attached hydrogen (secondary N) is 1. The third-order valence-corrected chi connectivity index (χ3v) is 5.21. The number of fused-ring (bicyclic) bond motifs is 1. The molecule has 1 aromatic carbocycles. The Morgan fingerprint density at radius 1 is 1.20 bits per heavy atom. The lowest BCUT2D eigenvalue weighted by Crippen LogP contribution is -2.50. The molecule has 0 saturated heterocycles. The molecule has 6 heteroatoms. The Hall–Kier alpha value is -1.40. The van der Waals surface area contributed by atoms with Gasteiger partial charge in [-0.05, 0) is 26.0 Å². The van der Waals surface area contributed by atoms with Crippen molar-refractivity contribution in [3.8, 4) is 0 Å². The van der Waals surface area contributed by atoms with Crippen molar-refractivity contribution in [2.24, 2.45) is 5.73 Å². The minimum Gasteiger partial charge on any atom is -0.341 e. The van der Waals surface area contributed by atoms with E-state index in [-0.39, 0.29) is 4.90 Å². The Balaban J connectivity index is 2.73. The van der Waals surface area contributed by atoms with E-state index in [1.54, 1.807) is 12.1 Å². The van der Waals surface area contributed by atoms with Gasteiger partial charge in [0.15, 0.2) is 9.84 Å². The normalized spacial score (nSPS) is 13.9. The largest absolute Gasteiger partial charge is 0.341 e. The molecule has 0 radical (unpaired) electrons. The molecule has 3 N–H and O–H groups in total. The fraction of sp³-hybridized carbons (Fsp3) is 0.500. The summed E-state index contributed by atoms with van der Waals surface area (Å²) in [6.07, 6.45) is 1.19. The van der Waals surface area contributed by atoms with Crippen molar-refractivity contribution in [2.75, 3.05) is 6.26 Å². The molecule has 1 aromatic heterocycles. The fourth-order valence-corrected chi connectivity index (χ4v) is 2.74. The van der Waals surface area contributed by atoms with Gasteiger partial charge in [0, 0.05) is 17.2 Å². The van der Waals surface area contributed by atoms with E-state index in [2.05, 4.69) is 9.97 Å². The third kappa shape index (κ3) is 2.33. The first-order valence-corrected chi connectivity index (χ1v) is 8.32. The molecule has 0 fully saturated rings. The molecule has 0 spiro atoms. The molecular formula is C14H21N3O2S. The summed E-state index contributed by atoms with van der Waals surface area (Å²) in [7, 11) is -3.31. The van der Waals surface area contributed by atoms with Gasteiger partial charge < -0.3 is 10.7 Å². The third-order valence-electron chi connectivity index (χ3n) is 4.08. The van der Waals surface area contributed by atoms with Crippen LogP contribution in [0.5, 0.6) is 0 Å². The van der Waals surface area contributed by atoms with Gasteiger partial charge in [-0.25, -0.2) is 13.4 Å². The molecule has 0 saturated carbocycles. The second kappa shape index (κ2) is 4.30. The van der Waals surface area contributed by atoms with Crippen LogP contribution in [0.4, 0.5) is 0 Å². The van der Waals surface area contributed by atoms with Crippen molar-refractivity contribution < 1.29 is 8.42 Å². The second-order valence-electron chi connectivity index (χ2n) is 6.36. The number of hydrogen-bond donors (Lipinski definition) is 2. The quantitative estimate of drug-likeness (QED) is 0.906. The predicted molar refractivity (Wildman–Crippen MR) is 80.5 cm³/mol. The second-order valence-corrected chi connectivity index (χ2v) is 8.34. The molecule has 0 bridgehead atoms. The fourth-order valence-electron chi connectivity index (χ4n) is 1.91. The van der Waals surface area contributed by atoms with Gasteiger partial charge in [-0.15, -0.1) is 0 Å². The average Bonchev–Trinajstić information content (AvgIpc) is 2.69. The maximum atomic E-state index is 11.8. The Morgan fingerprint density at radius 2 is 1.80 bits per heavy atom. The summed E-state index contributed by atoms with van der Waals surface area (Å²) >= 11 is 0. The Labute approximate surface area is 119 Å². The summed E-state index contributed by atoms with van der Waals surface area (Å²) in [6, 6.07) is 5.10. The Bertz CT molecular complexity index is 752. The van der Waals surface area contributed by atoms with Gasteiger partial charge in [-0.2, -0.15) is 0 Å². The number of hydrogen-bond acceptors (Lipinski definition) is 4. The molecule has 1 heterocycles. The number of imidazole rings is 1. The van der Waals surface area contributed by atoms with Crippen molar-refractivity contribution in [2.45, 2.75) is 43.5 Å². The molecule has 2 rings (SSSR count). The van der Waals surface area contributed by atoms with Crippen LogP contribution in [-0.4, -0.2) is 30.2 Å². The standard InChI is InChI=1S/C14H21N3O2S/c1-13(2,14(3,4)15)12-16-9-7-6-8-10(11(9)17-12)20(5,18)19/h6-8H,15H2,1-5H3,(H,16,17). The lowest BCUT2D eigenvalue weighted by atomic mass is 9.74. The van der Waals surface area contributed by atoms with Crippen molar-refractivity contribution in [3.63, 3.8) is 0 Å². The lowest BCUT2D eigenvalue weighted by molar-refractivity contribution is 0.293. The van der Waals surface area contributed by atoms with Crippen LogP contribution in [0.1, 0.15) is 33.5 Å². The highest BCUT2D eigenvalue weighted by atomic mass is 32.2. The first-order chi connectivity index (χ1) is 8.94. The van der Waals surface area contributed by atoms with Crippen LogP contribution >= 0.6 is 0 Å². The molecule has 110 valence electrons. The van der Waals surface area contributed by atoms with Crippen molar-refractivity contribution in [1.29, 1.82) is 0 Å². The van der Waals surface area contributed by atoms with Gasteiger partial charge in [0.25, 0.3) is 0 Å². The van der Waals surface area contributed by atoms with E-state index in [1.807, 2.05) is 33.8 Å². The monoisotopic (exact) mass is 295 g/mol. The van der Waals surface area contributed by atoms with E-state index in [0.29, 0.717) is 16.9 Å². The van der Waals surface area contributed by atoms with Crippen molar-refractivity contribution >= 4 is 20.9 Å². The van der Waals surface area contributed by atoms with Crippen LogP contribution in [0.3, 0.4) is 0 Å². The number of aromatic nitrogens is 2. The summed E-state index contributed by atoms with van der Waals surface area (Å²) in [5.74, 6) is 0.691. The van der Waals surface area contributed by atoms with Crippen molar-refractivity contribution in [1.82, 2.24) is 9.97 Å². The smallest absolute Gasteiger partial charge is 0.177 e. The number of nitrogens with two attached hydrogens (primary N) is 1. The van der Waals surface area contributed by atoms with E-state index in [1.165, 1.54) is 6.26 Å². The molecule has 0 aliphatic carbocycles. The lowest BCUT2D eigenvalue weighted by Gasteiger charge is -2.36. The molecule has 0 aliphatic heterocycles. The number of nitrogens with zero attached hydrogens (tertiary/aromatic N) is 1. The molecular weight excluding hydrogens is 274 g/mol. The summed E-state index contributed by atoms with van der Waals surface area (Å²) in [5.41, 5.74) is 6.49. The average molecular weight is 295 g/mol. The Kier molecular flexibility index (Phi) is 3.22. The summed E-state index contributed by atoms with van der Waals surface area (Å²) in [5, 5.41) is 0. The highest BCUT2D eigenvalue weighted by Gasteiger charge is 2.38. The first-order valence-electron chi connectivity index (χ1n) is 6.43. The van der Waals surface area contributed by atoms with Crippen LogP contribution in [-0.2, 0) is 15.3 Å². The zero-order valence-corrected chi connectivity index (χ0v) is 13.3. The van der Waals surface area contributed by atoms with E-state index in [4.69, 9.17) is 5.73 Å². The van der Waals surface area contributed by atoms with E-state index < -0.39 is 20.8 Å². The van der Waals surface area contributed by atoms with Gasteiger partial charge in [-0.1, -0.05) is 19.9 Å². The zero-order valence-electron chi connectivity index (χ0n) is 12.5. The van der Waals surface area contributed by atoms with Gasteiger partial charge in [-0.3, -0.25) is 0 Å². The van der Waals surface area contributed by atoms with Gasteiger partial charge in [0.2, 0.25) is 0 Å².